The lowest BCUT2D eigenvalue weighted by Gasteiger charge is -2.24. The molecule has 1 atom stereocenters. The molecule has 0 radical (unpaired) electrons. The molecule has 0 bridgehead atoms. The average Bonchev–Trinajstić information content (AvgIpc) is 2.89. The molecule has 26 heavy (non-hydrogen) atoms. The number of fused-ring (bicyclic) bond motifs is 3. The highest BCUT2D eigenvalue weighted by Gasteiger charge is 2.29. The molecule has 1 unspecified atom stereocenters. The van der Waals surface area contributed by atoms with Crippen LogP contribution in [-0.4, -0.2) is 5.71 Å². The predicted octanol–water partition coefficient (Wildman–Crippen LogP) is 6.45. The van der Waals surface area contributed by atoms with Gasteiger partial charge in [-0.3, -0.25) is 4.99 Å². The monoisotopic (exact) mass is 333 g/mol. The zero-order valence-electron chi connectivity index (χ0n) is 14.5. The van der Waals surface area contributed by atoms with Gasteiger partial charge < -0.3 is 0 Å². The fourth-order valence-corrected chi connectivity index (χ4v) is 4.02. The number of hydrogen-bond acceptors (Lipinski definition) is 1. The van der Waals surface area contributed by atoms with Crippen molar-refractivity contribution in [2.24, 2.45) is 4.99 Å². The van der Waals surface area contributed by atoms with Gasteiger partial charge in [0.05, 0.1) is 5.69 Å². The van der Waals surface area contributed by atoms with Gasteiger partial charge in [0, 0.05) is 18.1 Å². The maximum atomic E-state index is 5.07. The molecule has 0 amide bonds. The van der Waals surface area contributed by atoms with Crippen LogP contribution in [0.1, 0.15) is 29.0 Å². The summed E-state index contributed by atoms with van der Waals surface area (Å²) in [5.41, 5.74) is 8.80. The van der Waals surface area contributed by atoms with Crippen LogP contribution in [0.2, 0.25) is 0 Å². The van der Waals surface area contributed by atoms with E-state index in [1.807, 2.05) is 0 Å². The first-order valence-electron chi connectivity index (χ1n) is 9.10. The second kappa shape index (κ2) is 6.27. The smallest absolute Gasteiger partial charge is 0.0683 e. The van der Waals surface area contributed by atoms with Crippen LogP contribution in [0.25, 0.3) is 11.1 Å². The van der Waals surface area contributed by atoms with Gasteiger partial charge in [-0.25, -0.2) is 0 Å². The summed E-state index contributed by atoms with van der Waals surface area (Å²) >= 11 is 0. The zero-order chi connectivity index (χ0) is 17.3. The maximum Gasteiger partial charge on any atom is 0.0683 e. The van der Waals surface area contributed by atoms with E-state index in [2.05, 4.69) is 97.1 Å². The average molecular weight is 333 g/mol. The first kappa shape index (κ1) is 15.1. The Labute approximate surface area is 154 Å². The van der Waals surface area contributed by atoms with Crippen molar-refractivity contribution in [1.82, 2.24) is 0 Å². The van der Waals surface area contributed by atoms with Crippen molar-refractivity contribution in [3.63, 3.8) is 0 Å². The Morgan fingerprint density at radius 1 is 0.654 bits per heavy atom. The number of rotatable bonds is 2. The minimum atomic E-state index is 0.332. The molecule has 1 heteroatoms. The molecule has 2 aromatic carbocycles. The largest absolute Gasteiger partial charge is 0.252 e. The summed E-state index contributed by atoms with van der Waals surface area (Å²) in [7, 11) is 0. The molecule has 1 aliphatic heterocycles. The first-order chi connectivity index (χ1) is 12.9. The van der Waals surface area contributed by atoms with E-state index in [4.69, 9.17) is 4.99 Å². The standard InChI is InChI=1S/C25H19N/c1-4-10-18(11-5-1)22-17-23(19-12-6-2-7-13-19)26-24-16-20-14-8-3-9-15-21(20)25(22)24/h1-16,22H,17H2. The van der Waals surface area contributed by atoms with Crippen molar-refractivity contribution >= 4 is 11.4 Å². The van der Waals surface area contributed by atoms with Crippen molar-refractivity contribution in [2.75, 3.05) is 0 Å². The summed E-state index contributed by atoms with van der Waals surface area (Å²) in [5, 5.41) is 0. The quantitative estimate of drug-likeness (QED) is 0.400. The van der Waals surface area contributed by atoms with Crippen molar-refractivity contribution in [1.29, 1.82) is 0 Å². The van der Waals surface area contributed by atoms with Gasteiger partial charge in [-0.2, -0.15) is 0 Å². The second-order valence-corrected chi connectivity index (χ2v) is 6.81. The molecule has 1 nitrogen and oxygen atoms in total. The molecule has 1 heterocycles. The Morgan fingerprint density at radius 2 is 1.27 bits per heavy atom. The molecular formula is C25H19N. The van der Waals surface area contributed by atoms with Crippen LogP contribution in [0, 0.1) is 0 Å². The van der Waals surface area contributed by atoms with Crippen LogP contribution >= 0.6 is 0 Å². The van der Waals surface area contributed by atoms with Crippen LogP contribution in [0.4, 0.5) is 5.69 Å². The first-order valence-corrected chi connectivity index (χ1v) is 9.10. The SMILES string of the molecule is c1ccc(C2=Nc3cc4cccccc-4c3C(c3ccccc3)C2)cc1. The van der Waals surface area contributed by atoms with Crippen molar-refractivity contribution in [3.8, 4) is 11.1 Å². The third kappa shape index (κ3) is 2.53. The number of aliphatic imine (C=N–C) groups is 1. The normalized spacial score (nSPS) is 16.2. The Bertz CT molecular complexity index is 1050. The molecule has 0 spiro atoms. The van der Waals surface area contributed by atoms with Crippen LogP contribution < -0.4 is 0 Å². The van der Waals surface area contributed by atoms with Gasteiger partial charge in [-0.15, -0.1) is 0 Å². The highest BCUT2D eigenvalue weighted by Crippen LogP contribution is 2.48. The maximum absolute atomic E-state index is 5.07. The highest BCUT2D eigenvalue weighted by molar-refractivity contribution is 6.05. The van der Waals surface area contributed by atoms with Crippen molar-refractivity contribution < 1.29 is 0 Å². The van der Waals surface area contributed by atoms with Crippen LogP contribution in [0.15, 0.2) is 102 Å². The lowest BCUT2D eigenvalue weighted by atomic mass is 9.82. The molecule has 0 saturated heterocycles. The minimum absolute atomic E-state index is 0.332. The Kier molecular flexibility index (Phi) is 3.64. The van der Waals surface area contributed by atoms with E-state index >= 15 is 0 Å². The van der Waals surface area contributed by atoms with E-state index in [-0.39, 0.29) is 0 Å². The zero-order valence-corrected chi connectivity index (χ0v) is 14.5. The lowest BCUT2D eigenvalue weighted by Crippen LogP contribution is -2.13. The summed E-state index contributed by atoms with van der Waals surface area (Å²) in [5.74, 6) is 0.332. The van der Waals surface area contributed by atoms with Gasteiger partial charge in [-0.1, -0.05) is 91.0 Å². The number of nitrogens with zero attached hydrogens (tertiary/aromatic N) is 1. The number of hydrogen-bond donors (Lipinski definition) is 0. The molecule has 3 aliphatic rings. The number of benzene rings is 2. The summed E-state index contributed by atoms with van der Waals surface area (Å²) in [6.07, 6.45) is 0.929. The van der Waals surface area contributed by atoms with Gasteiger partial charge >= 0.3 is 0 Å². The fraction of sp³-hybridized carbons (Fsp3) is 0.0800. The topological polar surface area (TPSA) is 12.4 Å². The van der Waals surface area contributed by atoms with Gasteiger partial charge in [0.2, 0.25) is 0 Å². The third-order valence-corrected chi connectivity index (χ3v) is 5.24. The molecule has 124 valence electrons. The summed E-state index contributed by atoms with van der Waals surface area (Å²) in [6.45, 7) is 0. The van der Waals surface area contributed by atoms with Crippen molar-refractivity contribution in [2.45, 2.75) is 12.3 Å². The molecule has 0 aromatic heterocycles. The Morgan fingerprint density at radius 3 is 2.00 bits per heavy atom. The van der Waals surface area contributed by atoms with E-state index in [0.29, 0.717) is 5.92 Å². The Balaban J connectivity index is 1.74. The second-order valence-electron chi connectivity index (χ2n) is 6.81. The summed E-state index contributed by atoms with van der Waals surface area (Å²) in [6, 6.07) is 34.4. The van der Waals surface area contributed by atoms with Crippen LogP contribution in [0.3, 0.4) is 0 Å². The third-order valence-electron chi connectivity index (χ3n) is 5.24. The van der Waals surface area contributed by atoms with Gasteiger partial charge in [0.25, 0.3) is 0 Å². The molecule has 2 aromatic rings. The minimum Gasteiger partial charge on any atom is -0.252 e. The molecular weight excluding hydrogens is 314 g/mol. The highest BCUT2D eigenvalue weighted by atomic mass is 14.8. The van der Waals surface area contributed by atoms with E-state index in [1.54, 1.807) is 0 Å². The molecule has 5 rings (SSSR count). The Hall–Kier alpha value is -3.19. The lowest BCUT2D eigenvalue weighted by molar-refractivity contribution is 0.847. The van der Waals surface area contributed by atoms with Gasteiger partial charge in [0.1, 0.15) is 0 Å². The van der Waals surface area contributed by atoms with Crippen LogP contribution in [0.5, 0.6) is 0 Å². The van der Waals surface area contributed by atoms with E-state index in [0.717, 1.165) is 12.1 Å². The van der Waals surface area contributed by atoms with E-state index in [9.17, 15) is 0 Å². The predicted molar refractivity (Wildman–Crippen MR) is 109 cm³/mol. The molecule has 0 saturated carbocycles. The van der Waals surface area contributed by atoms with E-state index < -0.39 is 0 Å². The van der Waals surface area contributed by atoms with Crippen molar-refractivity contribution in [3.05, 3.63) is 114 Å². The molecule has 0 N–H and O–H groups in total. The van der Waals surface area contributed by atoms with Gasteiger partial charge in [0.15, 0.2) is 0 Å². The van der Waals surface area contributed by atoms with Crippen LogP contribution in [-0.2, 0) is 0 Å². The molecule has 2 aliphatic carbocycles. The van der Waals surface area contributed by atoms with E-state index in [1.165, 1.54) is 33.5 Å². The summed E-state index contributed by atoms with van der Waals surface area (Å²) in [4.78, 5) is 5.07. The molecule has 0 fully saturated rings. The fourth-order valence-electron chi connectivity index (χ4n) is 4.02. The summed E-state index contributed by atoms with van der Waals surface area (Å²) < 4.78 is 0. The van der Waals surface area contributed by atoms with Gasteiger partial charge in [-0.05, 0) is 33.9 Å².